The number of aryl methyl sites for hydroxylation is 1. The molecule has 1 heterocycles. The number of hydrogen-bond donors (Lipinski definition) is 2. The van der Waals surface area contributed by atoms with Gasteiger partial charge in [0.25, 0.3) is 0 Å². The number of carbonyl (C=O) groups is 1. The van der Waals surface area contributed by atoms with Crippen molar-refractivity contribution in [1.82, 2.24) is 20.4 Å². The van der Waals surface area contributed by atoms with E-state index in [2.05, 4.69) is 15.7 Å². The quantitative estimate of drug-likeness (QED) is 0.682. The summed E-state index contributed by atoms with van der Waals surface area (Å²) in [4.78, 5) is 12.5. The maximum absolute atomic E-state index is 13.0. The Morgan fingerprint density at radius 3 is 2.31 bits per heavy atom. The fraction of sp³-hybridized carbons (Fsp3) is 0.810. The Hall–Kier alpha value is -1.73. The van der Waals surface area contributed by atoms with E-state index in [1.54, 1.807) is 0 Å². The summed E-state index contributed by atoms with van der Waals surface area (Å²) < 4.78 is 40.4. The van der Waals surface area contributed by atoms with Crippen molar-refractivity contribution in [3.05, 3.63) is 17.5 Å². The van der Waals surface area contributed by atoms with Crippen molar-refractivity contribution in [1.29, 1.82) is 0 Å². The van der Waals surface area contributed by atoms with Gasteiger partial charge in [-0.15, -0.1) is 0 Å². The molecule has 0 unspecified atom stereocenters. The Morgan fingerprint density at radius 2 is 1.76 bits per heavy atom. The van der Waals surface area contributed by atoms with Gasteiger partial charge in [0.05, 0.1) is 0 Å². The molecule has 0 aliphatic heterocycles. The summed E-state index contributed by atoms with van der Waals surface area (Å²) >= 11 is 0. The van der Waals surface area contributed by atoms with E-state index in [-0.39, 0.29) is 17.5 Å². The molecule has 5 nitrogen and oxygen atoms in total. The van der Waals surface area contributed by atoms with E-state index in [4.69, 9.17) is 0 Å². The Balaban J connectivity index is 1.12. The summed E-state index contributed by atoms with van der Waals surface area (Å²) in [5.74, 6) is 2.51. The van der Waals surface area contributed by atoms with E-state index < -0.39 is 11.9 Å². The highest BCUT2D eigenvalue weighted by Crippen LogP contribution is 2.55. The molecule has 8 heteroatoms. The van der Waals surface area contributed by atoms with Crippen molar-refractivity contribution in [2.45, 2.75) is 82.0 Å². The van der Waals surface area contributed by atoms with Crippen LogP contribution in [0.3, 0.4) is 0 Å². The predicted octanol–water partition coefficient (Wildman–Crippen LogP) is 4.44. The topological polar surface area (TPSA) is 59.0 Å². The van der Waals surface area contributed by atoms with E-state index in [1.165, 1.54) is 30.0 Å². The lowest BCUT2D eigenvalue weighted by Gasteiger charge is -2.56. The zero-order valence-corrected chi connectivity index (χ0v) is 16.6. The standard InChI is InChI=1S/C21H29F3N4O/c22-21(23,24)18-9-17(16-2-3-16)28(27-18)5-1-4-25-19(29)26-20-10-13-6-14(11-20)8-15(7-13)12-20/h9,13-16H,1-8,10-12H2,(H2,25,26,29). The minimum atomic E-state index is -4.41. The molecule has 0 saturated heterocycles. The van der Waals surface area contributed by atoms with Crippen LogP contribution in [0.25, 0.3) is 0 Å². The summed E-state index contributed by atoms with van der Waals surface area (Å²) in [6.45, 7) is 0.822. The molecular weight excluding hydrogens is 381 g/mol. The molecule has 5 aliphatic rings. The second kappa shape index (κ2) is 6.91. The molecule has 0 radical (unpaired) electrons. The molecule has 1 aromatic heterocycles. The normalized spacial score (nSPS) is 33.1. The van der Waals surface area contributed by atoms with Crippen molar-refractivity contribution in [2.24, 2.45) is 17.8 Å². The number of urea groups is 1. The molecular formula is C21H29F3N4O. The first-order valence-electron chi connectivity index (χ1n) is 11.0. The van der Waals surface area contributed by atoms with Crippen molar-refractivity contribution in [3.63, 3.8) is 0 Å². The Morgan fingerprint density at radius 1 is 1.14 bits per heavy atom. The molecule has 0 aromatic carbocycles. The summed E-state index contributed by atoms with van der Waals surface area (Å²) in [6, 6.07) is 1.05. The summed E-state index contributed by atoms with van der Waals surface area (Å²) in [5, 5.41) is 9.95. The molecule has 4 bridgehead atoms. The second-order valence-corrected chi connectivity index (χ2v) is 9.88. The highest BCUT2D eigenvalue weighted by Gasteiger charge is 2.51. The summed E-state index contributed by atoms with van der Waals surface area (Å²) in [5.41, 5.74) is -0.163. The zero-order chi connectivity index (χ0) is 20.2. The minimum absolute atomic E-state index is 0.0262. The third-order valence-electron chi connectivity index (χ3n) is 7.35. The van der Waals surface area contributed by atoms with Crippen LogP contribution < -0.4 is 10.6 Å². The molecule has 160 valence electrons. The molecule has 29 heavy (non-hydrogen) atoms. The van der Waals surface area contributed by atoms with E-state index in [9.17, 15) is 18.0 Å². The van der Waals surface area contributed by atoms with Gasteiger partial charge < -0.3 is 10.6 Å². The second-order valence-electron chi connectivity index (χ2n) is 9.88. The van der Waals surface area contributed by atoms with Crippen LogP contribution >= 0.6 is 0 Å². The molecule has 0 spiro atoms. The van der Waals surface area contributed by atoms with Gasteiger partial charge in [0.15, 0.2) is 5.69 Å². The van der Waals surface area contributed by atoms with Gasteiger partial charge >= 0.3 is 12.2 Å². The van der Waals surface area contributed by atoms with Gasteiger partial charge in [-0.2, -0.15) is 18.3 Å². The first-order chi connectivity index (χ1) is 13.8. The van der Waals surface area contributed by atoms with Gasteiger partial charge in [0, 0.05) is 30.2 Å². The minimum Gasteiger partial charge on any atom is -0.338 e. The molecule has 1 aromatic rings. The smallest absolute Gasteiger partial charge is 0.338 e. The lowest BCUT2D eigenvalue weighted by Crippen LogP contribution is -2.61. The maximum Gasteiger partial charge on any atom is 0.435 e. The van der Waals surface area contributed by atoms with Gasteiger partial charge in [0.1, 0.15) is 0 Å². The summed E-state index contributed by atoms with van der Waals surface area (Å²) in [6.07, 6.45) is 5.29. The van der Waals surface area contributed by atoms with Crippen LogP contribution in [0.15, 0.2) is 6.07 Å². The monoisotopic (exact) mass is 410 g/mol. The van der Waals surface area contributed by atoms with Crippen molar-refractivity contribution < 1.29 is 18.0 Å². The molecule has 0 atom stereocenters. The molecule has 2 N–H and O–H groups in total. The fourth-order valence-electron chi connectivity index (χ4n) is 6.44. The van der Waals surface area contributed by atoms with Crippen molar-refractivity contribution in [2.75, 3.05) is 6.54 Å². The first kappa shape index (κ1) is 19.2. The number of alkyl halides is 3. The van der Waals surface area contributed by atoms with Crippen molar-refractivity contribution in [3.8, 4) is 0 Å². The van der Waals surface area contributed by atoms with Gasteiger partial charge in [-0.25, -0.2) is 4.79 Å². The van der Waals surface area contributed by atoms with Crippen molar-refractivity contribution >= 4 is 6.03 Å². The SMILES string of the molecule is O=C(NCCCn1nc(C(F)(F)F)cc1C1CC1)NC12CC3CC(CC(C3)C1)C2. The fourth-order valence-corrected chi connectivity index (χ4v) is 6.44. The van der Waals surface area contributed by atoms with E-state index in [0.29, 0.717) is 25.2 Å². The number of hydrogen-bond acceptors (Lipinski definition) is 2. The number of nitrogens with zero attached hydrogens (tertiary/aromatic N) is 2. The van der Waals surface area contributed by atoms with E-state index >= 15 is 0 Å². The van der Waals surface area contributed by atoms with Gasteiger partial charge in [-0.3, -0.25) is 4.68 Å². The van der Waals surface area contributed by atoms with Gasteiger partial charge in [-0.05, 0) is 81.6 Å². The van der Waals surface area contributed by atoms with Crippen LogP contribution in [0.4, 0.5) is 18.0 Å². The lowest BCUT2D eigenvalue weighted by molar-refractivity contribution is -0.141. The Bertz CT molecular complexity index is 748. The third-order valence-corrected chi connectivity index (χ3v) is 7.35. The maximum atomic E-state index is 13.0. The number of nitrogens with one attached hydrogen (secondary N) is 2. The van der Waals surface area contributed by atoms with E-state index in [0.717, 1.165) is 49.9 Å². The van der Waals surface area contributed by atoms with Crippen LogP contribution in [0.1, 0.15) is 75.1 Å². The number of rotatable bonds is 6. The Kier molecular flexibility index (Phi) is 4.59. The van der Waals surface area contributed by atoms with Gasteiger partial charge in [0.2, 0.25) is 0 Å². The predicted molar refractivity (Wildman–Crippen MR) is 101 cm³/mol. The average molecular weight is 410 g/mol. The largest absolute Gasteiger partial charge is 0.435 e. The molecule has 2 amide bonds. The highest BCUT2D eigenvalue weighted by atomic mass is 19.4. The number of halogens is 3. The van der Waals surface area contributed by atoms with E-state index in [1.807, 2.05) is 0 Å². The molecule has 5 fully saturated rings. The summed E-state index contributed by atoms with van der Waals surface area (Å²) in [7, 11) is 0. The first-order valence-corrected chi connectivity index (χ1v) is 11.0. The van der Waals surface area contributed by atoms with Crippen LogP contribution in [0, 0.1) is 17.8 Å². The zero-order valence-electron chi connectivity index (χ0n) is 16.6. The van der Waals surface area contributed by atoms with Crippen LogP contribution in [0.2, 0.25) is 0 Å². The third kappa shape index (κ3) is 3.99. The number of carbonyl (C=O) groups excluding carboxylic acids is 1. The van der Waals surface area contributed by atoms with Crippen LogP contribution in [0.5, 0.6) is 0 Å². The highest BCUT2D eigenvalue weighted by molar-refractivity contribution is 5.74. The Labute approximate surface area is 168 Å². The number of amides is 2. The number of aromatic nitrogens is 2. The van der Waals surface area contributed by atoms with Crippen LogP contribution in [-0.4, -0.2) is 27.9 Å². The molecule has 5 saturated carbocycles. The average Bonchev–Trinajstić information content (AvgIpc) is 3.35. The molecule has 5 aliphatic carbocycles. The van der Waals surface area contributed by atoms with Gasteiger partial charge in [-0.1, -0.05) is 0 Å². The lowest BCUT2D eigenvalue weighted by atomic mass is 9.53. The molecule has 6 rings (SSSR count). The van der Waals surface area contributed by atoms with Crippen LogP contribution in [-0.2, 0) is 12.7 Å².